The lowest BCUT2D eigenvalue weighted by atomic mass is 10.5. The average molecular weight is 227 g/mol. The van der Waals surface area contributed by atoms with Crippen molar-refractivity contribution in [2.75, 3.05) is 0 Å². The lowest BCUT2D eigenvalue weighted by Crippen LogP contribution is -2.11. The third-order valence-corrected chi connectivity index (χ3v) is 2.00. The highest BCUT2D eigenvalue weighted by molar-refractivity contribution is 9.10. The Morgan fingerprint density at radius 1 is 1.64 bits per heavy atom. The van der Waals surface area contributed by atoms with Crippen LogP contribution in [0.4, 0.5) is 8.78 Å². The number of H-pyrrole nitrogens is 1. The molecule has 0 radical (unpaired) electrons. The highest BCUT2D eigenvalue weighted by Gasteiger charge is 2.17. The highest BCUT2D eigenvalue weighted by atomic mass is 79.9. The van der Waals surface area contributed by atoms with E-state index in [0.717, 1.165) is 4.68 Å². The van der Waals surface area contributed by atoms with Crippen molar-refractivity contribution in [3.63, 3.8) is 0 Å². The molecule has 0 unspecified atom stereocenters. The second-order valence-electron chi connectivity index (χ2n) is 2.00. The minimum atomic E-state index is -2.65. The maximum absolute atomic E-state index is 12.0. The fourth-order valence-corrected chi connectivity index (χ4v) is 1.22. The molecule has 3 nitrogen and oxygen atoms in total. The van der Waals surface area contributed by atoms with Gasteiger partial charge in [-0.25, -0.2) is 8.78 Å². The van der Waals surface area contributed by atoms with E-state index in [1.165, 1.54) is 7.05 Å². The van der Waals surface area contributed by atoms with E-state index in [-0.39, 0.29) is 10.2 Å². The maximum atomic E-state index is 12.0. The van der Waals surface area contributed by atoms with E-state index < -0.39 is 12.0 Å². The Morgan fingerprint density at radius 2 is 2.18 bits per heavy atom. The number of nitrogens with zero attached hydrogens (tertiary/aromatic N) is 1. The largest absolute Gasteiger partial charge is 0.293 e. The predicted octanol–water partition coefficient (Wildman–Crippen LogP) is 1.41. The zero-order valence-electron chi connectivity index (χ0n) is 5.57. The topological polar surface area (TPSA) is 37.8 Å². The van der Waals surface area contributed by atoms with Gasteiger partial charge in [-0.15, -0.1) is 0 Å². The van der Waals surface area contributed by atoms with Crippen LogP contribution in [-0.4, -0.2) is 9.78 Å². The third kappa shape index (κ3) is 1.35. The zero-order chi connectivity index (χ0) is 8.59. The van der Waals surface area contributed by atoms with E-state index in [4.69, 9.17) is 0 Å². The number of hydrogen-bond acceptors (Lipinski definition) is 1. The molecule has 1 aromatic rings. The van der Waals surface area contributed by atoms with Crippen LogP contribution in [0, 0.1) is 0 Å². The summed E-state index contributed by atoms with van der Waals surface area (Å²) in [6.45, 7) is 0. The van der Waals surface area contributed by atoms with Gasteiger partial charge < -0.3 is 0 Å². The molecule has 0 bridgehead atoms. The van der Waals surface area contributed by atoms with Crippen molar-refractivity contribution >= 4 is 15.9 Å². The van der Waals surface area contributed by atoms with Gasteiger partial charge >= 0.3 is 0 Å². The Bertz CT molecular complexity index is 317. The van der Waals surface area contributed by atoms with E-state index in [0.29, 0.717) is 0 Å². The van der Waals surface area contributed by atoms with Gasteiger partial charge in [0.05, 0.1) is 0 Å². The van der Waals surface area contributed by atoms with Gasteiger partial charge in [0.1, 0.15) is 10.2 Å². The van der Waals surface area contributed by atoms with E-state index >= 15 is 0 Å². The van der Waals surface area contributed by atoms with E-state index in [1.807, 2.05) is 0 Å². The monoisotopic (exact) mass is 226 g/mol. The predicted molar refractivity (Wildman–Crippen MR) is 38.7 cm³/mol. The Kier molecular flexibility index (Phi) is 2.12. The fourth-order valence-electron chi connectivity index (χ4n) is 0.688. The molecule has 0 saturated carbocycles. The van der Waals surface area contributed by atoms with Crippen LogP contribution in [0.25, 0.3) is 0 Å². The van der Waals surface area contributed by atoms with Crippen LogP contribution >= 0.6 is 15.9 Å². The Balaban J connectivity index is 3.30. The lowest BCUT2D eigenvalue weighted by molar-refractivity contribution is 0.144. The van der Waals surface area contributed by atoms with Gasteiger partial charge in [0.15, 0.2) is 0 Å². The van der Waals surface area contributed by atoms with Gasteiger partial charge in [-0.3, -0.25) is 14.6 Å². The van der Waals surface area contributed by atoms with Gasteiger partial charge in [-0.2, -0.15) is 0 Å². The molecule has 0 aromatic carbocycles. The van der Waals surface area contributed by atoms with E-state index in [9.17, 15) is 13.6 Å². The number of alkyl halides is 2. The molecule has 0 spiro atoms. The third-order valence-electron chi connectivity index (χ3n) is 1.24. The first-order chi connectivity index (χ1) is 5.04. The number of aryl methyl sites for hydroxylation is 1. The van der Waals surface area contributed by atoms with Crippen LogP contribution in [0.15, 0.2) is 9.27 Å². The molecule has 1 heterocycles. The van der Waals surface area contributed by atoms with Crippen LogP contribution in [-0.2, 0) is 7.05 Å². The summed E-state index contributed by atoms with van der Waals surface area (Å²) in [4.78, 5) is 10.8. The molecular weight excluding hydrogens is 222 g/mol. The Morgan fingerprint density at radius 3 is 2.36 bits per heavy atom. The SMILES string of the molecule is Cn1[nH]c(C(F)F)c(Br)c1=O. The summed E-state index contributed by atoms with van der Waals surface area (Å²) in [7, 11) is 1.37. The average Bonchev–Trinajstić information content (AvgIpc) is 2.17. The normalized spacial score (nSPS) is 11.0. The maximum Gasteiger partial charge on any atom is 0.281 e. The molecule has 1 N–H and O–H groups in total. The van der Waals surface area contributed by atoms with Crippen molar-refractivity contribution in [3.05, 3.63) is 20.5 Å². The summed E-state index contributed by atoms with van der Waals surface area (Å²) < 4.78 is 24.9. The first-order valence-electron chi connectivity index (χ1n) is 2.76. The first kappa shape index (κ1) is 8.45. The summed E-state index contributed by atoms with van der Waals surface area (Å²) in [6, 6.07) is 0. The van der Waals surface area contributed by atoms with Crippen molar-refractivity contribution in [1.29, 1.82) is 0 Å². The number of aromatic nitrogens is 2. The van der Waals surface area contributed by atoms with Crippen LogP contribution in [0.2, 0.25) is 0 Å². The fraction of sp³-hybridized carbons (Fsp3) is 0.400. The van der Waals surface area contributed by atoms with Gasteiger partial charge in [-0.05, 0) is 15.9 Å². The number of rotatable bonds is 1. The van der Waals surface area contributed by atoms with Gasteiger partial charge in [0.2, 0.25) is 0 Å². The van der Waals surface area contributed by atoms with Crippen LogP contribution in [0.1, 0.15) is 12.1 Å². The molecule has 0 aliphatic carbocycles. The molecule has 0 amide bonds. The second kappa shape index (κ2) is 2.77. The Labute approximate surface area is 69.1 Å². The molecule has 62 valence electrons. The van der Waals surface area contributed by atoms with E-state index in [2.05, 4.69) is 21.0 Å². The van der Waals surface area contributed by atoms with Crippen LogP contribution in [0.3, 0.4) is 0 Å². The molecule has 0 saturated heterocycles. The highest BCUT2D eigenvalue weighted by Crippen LogP contribution is 2.21. The van der Waals surface area contributed by atoms with Crippen molar-refractivity contribution in [3.8, 4) is 0 Å². The molecule has 11 heavy (non-hydrogen) atoms. The van der Waals surface area contributed by atoms with Crippen LogP contribution in [0.5, 0.6) is 0 Å². The zero-order valence-corrected chi connectivity index (χ0v) is 7.15. The quantitative estimate of drug-likeness (QED) is 0.773. The minimum absolute atomic E-state index is 0.102. The van der Waals surface area contributed by atoms with Crippen molar-refractivity contribution in [1.82, 2.24) is 9.78 Å². The lowest BCUT2D eigenvalue weighted by Gasteiger charge is -1.92. The standard InChI is InChI=1S/C5H5BrF2N2O/c1-10-5(11)2(6)3(9-10)4(7)8/h4,9H,1H3. The molecule has 6 heteroatoms. The molecule has 0 fully saturated rings. The smallest absolute Gasteiger partial charge is 0.281 e. The molecule has 1 rings (SSSR count). The number of hydrogen-bond donors (Lipinski definition) is 1. The van der Waals surface area contributed by atoms with Crippen molar-refractivity contribution in [2.24, 2.45) is 7.05 Å². The van der Waals surface area contributed by atoms with Crippen LogP contribution < -0.4 is 5.56 Å². The summed E-state index contributed by atoms with van der Waals surface area (Å²) in [5.74, 6) is 0. The summed E-state index contributed by atoms with van der Waals surface area (Å²) >= 11 is 2.76. The molecule has 0 aliphatic heterocycles. The van der Waals surface area contributed by atoms with Crippen molar-refractivity contribution in [2.45, 2.75) is 6.43 Å². The van der Waals surface area contributed by atoms with Gasteiger partial charge in [0.25, 0.3) is 12.0 Å². The molecular formula is C5H5BrF2N2O. The molecule has 0 aliphatic rings. The molecule has 1 aromatic heterocycles. The van der Waals surface area contributed by atoms with Gasteiger partial charge in [0, 0.05) is 7.05 Å². The minimum Gasteiger partial charge on any atom is -0.293 e. The second-order valence-corrected chi connectivity index (χ2v) is 2.80. The number of nitrogens with one attached hydrogen (secondary N) is 1. The van der Waals surface area contributed by atoms with Crippen molar-refractivity contribution < 1.29 is 8.78 Å². The molecule has 0 atom stereocenters. The van der Waals surface area contributed by atoms with Gasteiger partial charge in [-0.1, -0.05) is 0 Å². The summed E-state index contributed by atoms with van der Waals surface area (Å²) in [6.07, 6.45) is -2.65. The first-order valence-corrected chi connectivity index (χ1v) is 3.56. The summed E-state index contributed by atoms with van der Waals surface area (Å²) in [5.41, 5.74) is -0.863. The van der Waals surface area contributed by atoms with E-state index in [1.54, 1.807) is 0 Å². The summed E-state index contributed by atoms with van der Waals surface area (Å²) in [5, 5.41) is 2.22. The number of halogens is 3. The Hall–Kier alpha value is -0.650. The number of aromatic amines is 1.